The normalized spacial score (nSPS) is 12.4. The molecule has 1 aromatic carbocycles. The summed E-state index contributed by atoms with van der Waals surface area (Å²) < 4.78 is 33.6. The molecule has 0 spiro atoms. The van der Waals surface area contributed by atoms with Gasteiger partial charge in [0.05, 0.1) is 23.2 Å². The van der Waals surface area contributed by atoms with Crippen LogP contribution in [0.3, 0.4) is 0 Å². The second-order valence-electron chi connectivity index (χ2n) is 8.57. The first-order chi connectivity index (χ1) is 15.1. The fourth-order valence-corrected chi connectivity index (χ4v) is 5.13. The Morgan fingerprint density at radius 3 is 2.34 bits per heavy atom. The predicted octanol–water partition coefficient (Wildman–Crippen LogP) is 5.28. The Bertz CT molecular complexity index is 1440. The molecule has 0 unspecified atom stereocenters. The van der Waals surface area contributed by atoms with E-state index in [4.69, 9.17) is 14.3 Å². The molecule has 32 heavy (non-hydrogen) atoms. The summed E-state index contributed by atoms with van der Waals surface area (Å²) in [5.74, 6) is 0.304. The summed E-state index contributed by atoms with van der Waals surface area (Å²) in [6.45, 7) is 12.2. The van der Waals surface area contributed by atoms with E-state index in [1.165, 1.54) is 0 Å². The summed E-state index contributed by atoms with van der Waals surface area (Å²) in [6.07, 6.45) is 5.20. The van der Waals surface area contributed by atoms with E-state index in [-0.39, 0.29) is 0 Å². The first-order valence-electron chi connectivity index (χ1n) is 10.9. The van der Waals surface area contributed by atoms with Crippen LogP contribution in [0.15, 0.2) is 24.4 Å². The van der Waals surface area contributed by atoms with Crippen molar-refractivity contribution in [2.45, 2.75) is 60.4 Å². The molecule has 0 fully saturated rings. The van der Waals surface area contributed by atoms with Crippen LogP contribution >= 0.6 is 0 Å². The number of aromatic nitrogens is 4. The fourth-order valence-electron chi connectivity index (χ4n) is 4.68. The highest BCUT2D eigenvalue weighted by Gasteiger charge is 2.24. The van der Waals surface area contributed by atoms with Gasteiger partial charge in [0.25, 0.3) is 0 Å². The Morgan fingerprint density at radius 1 is 1.03 bits per heavy atom. The van der Waals surface area contributed by atoms with Crippen molar-refractivity contribution in [3.8, 4) is 16.9 Å². The van der Waals surface area contributed by atoms with E-state index in [1.807, 2.05) is 38.3 Å². The fraction of sp³-hybridized carbons (Fsp3) is 0.417. The number of aryl methyl sites for hydroxylation is 4. The van der Waals surface area contributed by atoms with E-state index in [2.05, 4.69) is 30.7 Å². The zero-order valence-electron chi connectivity index (χ0n) is 19.7. The van der Waals surface area contributed by atoms with E-state index in [0.717, 1.165) is 58.2 Å². The van der Waals surface area contributed by atoms with Gasteiger partial charge in [-0.2, -0.15) is 18.0 Å². The second kappa shape index (κ2) is 7.92. The van der Waals surface area contributed by atoms with Gasteiger partial charge in [-0.05, 0) is 63.8 Å². The lowest BCUT2D eigenvalue weighted by Gasteiger charge is -2.17. The molecule has 7 nitrogen and oxygen atoms in total. The molecule has 0 amide bonds. The SMILES string of the molecule is CCC(CC)n1ccc2c(C)nc3c(-c4c(C)cc(C)cc4OS(C)(=O)=O)c(C)nn3c21. The quantitative estimate of drug-likeness (QED) is 0.370. The molecule has 0 aliphatic heterocycles. The molecule has 0 N–H and O–H groups in total. The van der Waals surface area contributed by atoms with Crippen LogP contribution in [-0.4, -0.2) is 33.8 Å². The number of rotatable bonds is 6. The summed E-state index contributed by atoms with van der Waals surface area (Å²) in [5, 5.41) is 5.93. The van der Waals surface area contributed by atoms with Crippen LogP contribution in [0.4, 0.5) is 0 Å². The van der Waals surface area contributed by atoms with E-state index >= 15 is 0 Å². The topological polar surface area (TPSA) is 78.5 Å². The average Bonchev–Trinajstić information content (AvgIpc) is 3.24. The zero-order chi connectivity index (χ0) is 23.4. The van der Waals surface area contributed by atoms with Crippen molar-refractivity contribution in [1.29, 1.82) is 0 Å². The van der Waals surface area contributed by atoms with Crippen molar-refractivity contribution < 1.29 is 12.6 Å². The van der Waals surface area contributed by atoms with Crippen LogP contribution in [0.1, 0.15) is 55.2 Å². The Labute approximate surface area is 189 Å². The highest BCUT2D eigenvalue weighted by atomic mass is 32.2. The summed E-state index contributed by atoms with van der Waals surface area (Å²) in [6, 6.07) is 6.23. The van der Waals surface area contributed by atoms with Crippen molar-refractivity contribution >= 4 is 26.8 Å². The van der Waals surface area contributed by atoms with Crippen LogP contribution in [0.5, 0.6) is 5.75 Å². The van der Waals surface area contributed by atoms with Crippen LogP contribution in [0.25, 0.3) is 27.8 Å². The largest absolute Gasteiger partial charge is 0.382 e. The molecular formula is C24H30N4O3S. The summed E-state index contributed by atoms with van der Waals surface area (Å²) in [5.41, 5.74) is 6.73. The molecule has 0 aliphatic carbocycles. The summed E-state index contributed by atoms with van der Waals surface area (Å²) in [7, 11) is -3.70. The second-order valence-corrected chi connectivity index (χ2v) is 10.1. The van der Waals surface area contributed by atoms with Gasteiger partial charge in [0.1, 0.15) is 5.65 Å². The molecular weight excluding hydrogens is 424 g/mol. The lowest BCUT2D eigenvalue weighted by molar-refractivity contribution is 0.480. The van der Waals surface area contributed by atoms with E-state index in [9.17, 15) is 8.42 Å². The molecule has 3 aromatic heterocycles. The van der Waals surface area contributed by atoms with Crippen LogP contribution in [0.2, 0.25) is 0 Å². The number of hydrogen-bond acceptors (Lipinski definition) is 5. The summed E-state index contributed by atoms with van der Waals surface area (Å²) >= 11 is 0. The van der Waals surface area contributed by atoms with Gasteiger partial charge in [-0.15, -0.1) is 0 Å². The predicted molar refractivity (Wildman–Crippen MR) is 128 cm³/mol. The summed E-state index contributed by atoms with van der Waals surface area (Å²) in [4.78, 5) is 4.91. The van der Waals surface area contributed by atoms with Crippen LogP contribution in [0, 0.1) is 27.7 Å². The van der Waals surface area contributed by atoms with Gasteiger partial charge in [-0.25, -0.2) is 4.98 Å². The van der Waals surface area contributed by atoms with E-state index in [0.29, 0.717) is 23.0 Å². The van der Waals surface area contributed by atoms with Crippen LogP contribution < -0.4 is 4.18 Å². The van der Waals surface area contributed by atoms with Crippen molar-refractivity contribution in [2.75, 3.05) is 6.26 Å². The lowest BCUT2D eigenvalue weighted by atomic mass is 9.97. The Kier molecular flexibility index (Phi) is 5.53. The van der Waals surface area contributed by atoms with Crippen molar-refractivity contribution in [3.05, 3.63) is 46.9 Å². The van der Waals surface area contributed by atoms with Gasteiger partial charge < -0.3 is 8.75 Å². The molecule has 3 heterocycles. The number of hydrogen-bond donors (Lipinski definition) is 0. The third-order valence-corrected chi connectivity index (χ3v) is 6.54. The Hall–Kier alpha value is -2.87. The smallest absolute Gasteiger partial charge is 0.306 e. The first kappa shape index (κ1) is 22.3. The minimum atomic E-state index is -3.70. The molecule has 0 aliphatic rings. The molecule has 4 rings (SSSR count). The Morgan fingerprint density at radius 2 is 1.72 bits per heavy atom. The van der Waals surface area contributed by atoms with Crippen molar-refractivity contribution in [1.82, 2.24) is 19.2 Å². The highest BCUT2D eigenvalue weighted by molar-refractivity contribution is 7.86. The first-order valence-corrected chi connectivity index (χ1v) is 12.7. The molecule has 8 heteroatoms. The van der Waals surface area contributed by atoms with Gasteiger partial charge in [-0.3, -0.25) is 0 Å². The van der Waals surface area contributed by atoms with Crippen molar-refractivity contribution in [3.63, 3.8) is 0 Å². The maximum absolute atomic E-state index is 12.0. The average molecular weight is 455 g/mol. The van der Waals surface area contributed by atoms with E-state index < -0.39 is 10.1 Å². The number of benzene rings is 1. The molecule has 0 saturated carbocycles. The third-order valence-electron chi connectivity index (χ3n) is 6.06. The van der Waals surface area contributed by atoms with Crippen LogP contribution in [-0.2, 0) is 10.1 Å². The Balaban J connectivity index is 2.11. The van der Waals surface area contributed by atoms with Gasteiger partial charge in [0.2, 0.25) is 0 Å². The molecule has 0 radical (unpaired) electrons. The minimum Gasteiger partial charge on any atom is -0.382 e. The molecule has 170 valence electrons. The number of fused-ring (bicyclic) bond motifs is 3. The standard InChI is InChI=1S/C24H30N4O3S/c1-8-18(9-2)27-11-10-19-16(5)25-23-22(17(6)26-28(23)24(19)27)21-15(4)12-14(3)13-20(21)31-32(7,29)30/h10-13,18H,8-9H2,1-7H3. The zero-order valence-corrected chi connectivity index (χ0v) is 20.5. The van der Waals surface area contributed by atoms with Gasteiger partial charge in [0.15, 0.2) is 11.4 Å². The maximum Gasteiger partial charge on any atom is 0.306 e. The molecule has 0 atom stereocenters. The highest BCUT2D eigenvalue weighted by Crippen LogP contribution is 2.40. The third kappa shape index (κ3) is 3.66. The molecule has 0 saturated heterocycles. The molecule has 4 aromatic rings. The van der Waals surface area contributed by atoms with Crippen molar-refractivity contribution in [2.24, 2.45) is 0 Å². The van der Waals surface area contributed by atoms with Gasteiger partial charge in [0, 0.05) is 23.2 Å². The monoisotopic (exact) mass is 454 g/mol. The van der Waals surface area contributed by atoms with Gasteiger partial charge in [-0.1, -0.05) is 19.9 Å². The maximum atomic E-state index is 12.0. The minimum absolute atomic E-state index is 0.304. The van der Waals surface area contributed by atoms with E-state index in [1.54, 1.807) is 6.07 Å². The van der Waals surface area contributed by atoms with Gasteiger partial charge >= 0.3 is 10.1 Å². The number of nitrogens with zero attached hydrogens (tertiary/aromatic N) is 4. The molecule has 0 bridgehead atoms. The lowest BCUT2D eigenvalue weighted by Crippen LogP contribution is -2.09.